The van der Waals surface area contributed by atoms with Crippen LogP contribution in [0.3, 0.4) is 0 Å². The zero-order chi connectivity index (χ0) is 18.1. The summed E-state index contributed by atoms with van der Waals surface area (Å²) in [6.45, 7) is 0.891. The molecule has 4 rings (SSSR count). The van der Waals surface area contributed by atoms with Crippen molar-refractivity contribution in [1.82, 2.24) is 9.13 Å². The molecule has 7 nitrogen and oxygen atoms in total. The van der Waals surface area contributed by atoms with Crippen molar-refractivity contribution < 1.29 is 19.3 Å². The molecule has 0 amide bonds. The van der Waals surface area contributed by atoms with Gasteiger partial charge in [0.1, 0.15) is 0 Å². The van der Waals surface area contributed by atoms with Gasteiger partial charge in [0.2, 0.25) is 6.79 Å². The van der Waals surface area contributed by atoms with Gasteiger partial charge in [-0.15, -0.1) is 0 Å². The van der Waals surface area contributed by atoms with E-state index in [0.29, 0.717) is 12.4 Å². The van der Waals surface area contributed by atoms with Gasteiger partial charge in [0.05, 0.1) is 36.9 Å². The number of hydrogen-bond acceptors (Lipinski definition) is 5. The summed E-state index contributed by atoms with van der Waals surface area (Å²) in [5.41, 5.74) is 2.42. The first-order valence-electron chi connectivity index (χ1n) is 8.42. The number of rotatable bonds is 6. The highest BCUT2D eigenvalue weighted by Crippen LogP contribution is 2.32. The zero-order valence-electron chi connectivity index (χ0n) is 14.4. The summed E-state index contributed by atoms with van der Waals surface area (Å²) in [5.74, 6) is 1.43. The van der Waals surface area contributed by atoms with Gasteiger partial charge in [0.15, 0.2) is 11.5 Å². The molecule has 3 aromatic rings. The molecule has 0 aliphatic carbocycles. The fraction of sp³-hybridized carbons (Fsp3) is 0.316. The molecule has 1 N–H and O–H groups in total. The number of fused-ring (bicyclic) bond motifs is 2. The standard InChI is InChI=1S/C19H20N2O5/c1-20-15-4-2-3-5-16(15)21(19(20)23)9-14(22)11-24-10-13-6-7-17-18(8-13)26-12-25-17/h2-8,14,22H,9-12H2,1H3/t14-/m1/s1. The van der Waals surface area contributed by atoms with Crippen LogP contribution < -0.4 is 15.2 Å². The molecule has 2 aromatic carbocycles. The van der Waals surface area contributed by atoms with Gasteiger partial charge in [-0.05, 0) is 29.8 Å². The summed E-state index contributed by atoms with van der Waals surface area (Å²) < 4.78 is 19.4. The van der Waals surface area contributed by atoms with Crippen molar-refractivity contribution >= 4 is 11.0 Å². The second kappa shape index (κ2) is 6.86. The first kappa shape index (κ1) is 16.7. The van der Waals surface area contributed by atoms with Crippen LogP contribution in [-0.2, 0) is 24.9 Å². The van der Waals surface area contributed by atoms with E-state index in [-0.39, 0.29) is 25.6 Å². The molecule has 136 valence electrons. The number of imidazole rings is 1. The van der Waals surface area contributed by atoms with Crippen molar-refractivity contribution in [3.63, 3.8) is 0 Å². The van der Waals surface area contributed by atoms with Crippen LogP contribution in [0.25, 0.3) is 11.0 Å². The summed E-state index contributed by atoms with van der Waals surface area (Å²) in [7, 11) is 1.73. The number of hydrogen-bond donors (Lipinski definition) is 1. The molecule has 1 atom stereocenters. The van der Waals surface area contributed by atoms with Crippen LogP contribution in [0.1, 0.15) is 5.56 Å². The van der Waals surface area contributed by atoms with Gasteiger partial charge in [-0.2, -0.15) is 0 Å². The average Bonchev–Trinajstić information content (AvgIpc) is 3.21. The second-order valence-corrected chi connectivity index (χ2v) is 6.30. The maximum atomic E-state index is 12.4. The minimum absolute atomic E-state index is 0.129. The van der Waals surface area contributed by atoms with E-state index in [1.807, 2.05) is 42.5 Å². The monoisotopic (exact) mass is 356 g/mol. The summed E-state index contributed by atoms with van der Waals surface area (Å²) >= 11 is 0. The Kier molecular flexibility index (Phi) is 4.40. The maximum absolute atomic E-state index is 12.4. The molecule has 0 fully saturated rings. The van der Waals surface area contributed by atoms with Crippen LogP contribution in [0.2, 0.25) is 0 Å². The molecule has 0 saturated carbocycles. The minimum Gasteiger partial charge on any atom is -0.454 e. The van der Waals surface area contributed by atoms with Crippen molar-refractivity contribution in [3.05, 3.63) is 58.5 Å². The van der Waals surface area contributed by atoms with E-state index < -0.39 is 6.10 Å². The third-order valence-corrected chi connectivity index (χ3v) is 4.46. The van der Waals surface area contributed by atoms with E-state index in [0.717, 1.165) is 22.3 Å². The van der Waals surface area contributed by atoms with E-state index in [2.05, 4.69) is 0 Å². The number of aliphatic hydroxyl groups is 1. The highest BCUT2D eigenvalue weighted by atomic mass is 16.7. The quantitative estimate of drug-likeness (QED) is 0.727. The maximum Gasteiger partial charge on any atom is 0.328 e. The first-order valence-corrected chi connectivity index (χ1v) is 8.42. The van der Waals surface area contributed by atoms with Gasteiger partial charge < -0.3 is 19.3 Å². The van der Waals surface area contributed by atoms with Crippen LogP contribution in [0, 0.1) is 0 Å². The molecule has 1 aliphatic heterocycles. The number of ether oxygens (including phenoxy) is 3. The van der Waals surface area contributed by atoms with Gasteiger partial charge in [0.25, 0.3) is 0 Å². The van der Waals surface area contributed by atoms with Crippen molar-refractivity contribution in [2.75, 3.05) is 13.4 Å². The Morgan fingerprint density at radius 3 is 2.77 bits per heavy atom. The van der Waals surface area contributed by atoms with Crippen LogP contribution in [0.15, 0.2) is 47.3 Å². The van der Waals surface area contributed by atoms with E-state index in [1.165, 1.54) is 0 Å². The molecule has 1 aromatic heterocycles. The highest BCUT2D eigenvalue weighted by molar-refractivity contribution is 5.75. The molecule has 0 spiro atoms. The van der Waals surface area contributed by atoms with Gasteiger partial charge in [-0.3, -0.25) is 9.13 Å². The van der Waals surface area contributed by atoms with Gasteiger partial charge >= 0.3 is 5.69 Å². The van der Waals surface area contributed by atoms with Crippen molar-refractivity contribution in [2.24, 2.45) is 7.05 Å². The third-order valence-electron chi connectivity index (χ3n) is 4.46. The molecule has 1 aliphatic rings. The normalized spacial score (nSPS) is 14.1. The number of aromatic nitrogens is 2. The molecule has 0 saturated heterocycles. The Morgan fingerprint density at radius 1 is 1.15 bits per heavy atom. The topological polar surface area (TPSA) is 74.9 Å². The van der Waals surface area contributed by atoms with Crippen LogP contribution >= 0.6 is 0 Å². The predicted octanol–water partition coefficient (Wildman–Crippen LogP) is 1.65. The molecule has 26 heavy (non-hydrogen) atoms. The van der Waals surface area contributed by atoms with Crippen LogP contribution in [-0.4, -0.2) is 33.7 Å². The SMILES string of the molecule is Cn1c(=O)n(C[C@@H](O)COCc2ccc3c(c2)OCO3)c2ccccc21. The van der Waals surface area contributed by atoms with Crippen molar-refractivity contribution in [2.45, 2.75) is 19.3 Å². The summed E-state index contributed by atoms with van der Waals surface area (Å²) in [4.78, 5) is 12.4. The lowest BCUT2D eigenvalue weighted by Gasteiger charge is -2.12. The fourth-order valence-electron chi connectivity index (χ4n) is 3.15. The number of nitrogens with zero attached hydrogens (tertiary/aromatic N) is 2. The smallest absolute Gasteiger partial charge is 0.328 e. The van der Waals surface area contributed by atoms with Gasteiger partial charge in [-0.1, -0.05) is 18.2 Å². The summed E-state index contributed by atoms with van der Waals surface area (Å²) in [6, 6.07) is 13.1. The number of para-hydroxylation sites is 2. The lowest BCUT2D eigenvalue weighted by molar-refractivity contribution is 0.0204. The van der Waals surface area contributed by atoms with E-state index in [4.69, 9.17) is 14.2 Å². The van der Waals surface area contributed by atoms with Crippen molar-refractivity contribution in [3.8, 4) is 11.5 Å². The summed E-state index contributed by atoms with van der Waals surface area (Å²) in [6.07, 6.45) is -0.785. The Bertz CT molecular complexity index is 991. The van der Waals surface area contributed by atoms with E-state index >= 15 is 0 Å². The second-order valence-electron chi connectivity index (χ2n) is 6.30. The molecule has 0 bridgehead atoms. The Morgan fingerprint density at radius 2 is 1.92 bits per heavy atom. The molecule has 7 heteroatoms. The highest BCUT2D eigenvalue weighted by Gasteiger charge is 2.15. The van der Waals surface area contributed by atoms with Gasteiger partial charge in [-0.25, -0.2) is 4.79 Å². The molecular formula is C19H20N2O5. The van der Waals surface area contributed by atoms with E-state index in [9.17, 15) is 9.90 Å². The number of benzene rings is 2. The Hall–Kier alpha value is -2.77. The van der Waals surface area contributed by atoms with Crippen LogP contribution in [0.4, 0.5) is 0 Å². The van der Waals surface area contributed by atoms with Crippen molar-refractivity contribution in [1.29, 1.82) is 0 Å². The first-order chi connectivity index (χ1) is 12.6. The molecule has 0 unspecified atom stereocenters. The Balaban J connectivity index is 1.38. The third kappa shape index (κ3) is 3.07. The predicted molar refractivity (Wildman–Crippen MR) is 95.4 cm³/mol. The fourth-order valence-corrected chi connectivity index (χ4v) is 3.15. The average molecular weight is 356 g/mol. The molecule has 0 radical (unpaired) electrons. The Labute approximate surface area is 149 Å². The molecule has 2 heterocycles. The van der Waals surface area contributed by atoms with Gasteiger partial charge in [0, 0.05) is 7.05 Å². The zero-order valence-corrected chi connectivity index (χ0v) is 14.4. The summed E-state index contributed by atoms with van der Waals surface area (Å²) in [5, 5.41) is 10.3. The number of aliphatic hydroxyl groups excluding tert-OH is 1. The van der Waals surface area contributed by atoms with Crippen LogP contribution in [0.5, 0.6) is 11.5 Å². The number of aryl methyl sites for hydroxylation is 1. The molecular weight excluding hydrogens is 336 g/mol. The minimum atomic E-state index is -0.785. The lowest BCUT2D eigenvalue weighted by Crippen LogP contribution is -2.29. The lowest BCUT2D eigenvalue weighted by atomic mass is 10.2. The largest absolute Gasteiger partial charge is 0.454 e. The van der Waals surface area contributed by atoms with E-state index in [1.54, 1.807) is 16.2 Å².